The number of unbranched alkanes of at least 4 members (excludes halogenated alkanes) is 1. The van der Waals surface area contributed by atoms with Crippen molar-refractivity contribution in [2.75, 3.05) is 19.7 Å². The first-order valence-corrected chi connectivity index (χ1v) is 6.17. The van der Waals surface area contributed by atoms with Crippen LogP contribution in [-0.2, 0) is 4.74 Å². The molecule has 1 aliphatic rings. The monoisotopic (exact) mass is 215 g/mol. The summed E-state index contributed by atoms with van der Waals surface area (Å²) in [7, 11) is 0. The molecule has 0 N–H and O–H groups in total. The number of piperidine rings is 1. The maximum atomic E-state index is 11.1. The maximum Gasteiger partial charge on any atom is 0.409 e. The van der Waals surface area contributed by atoms with Gasteiger partial charge in [-0.25, -0.2) is 4.79 Å². The average Bonchev–Trinajstić information content (AvgIpc) is 2.31. The Hall–Kier alpha value is -0.730. The Balaban J connectivity index is 0.000000423. The lowest BCUT2D eigenvalue weighted by Gasteiger charge is -2.25. The second-order valence-electron chi connectivity index (χ2n) is 3.75. The fourth-order valence-corrected chi connectivity index (χ4v) is 1.29. The standard InChI is InChI=1S/C8H15NO2.C4H10/c1-2-11-8(10)9-6-4-3-5-7-9;1-3-4-2/h2-7H2,1H3;3-4H2,1-2H3. The van der Waals surface area contributed by atoms with Gasteiger partial charge >= 0.3 is 6.09 Å². The van der Waals surface area contributed by atoms with Crippen LogP contribution in [-0.4, -0.2) is 30.7 Å². The summed E-state index contributed by atoms with van der Waals surface area (Å²) in [5.41, 5.74) is 0. The van der Waals surface area contributed by atoms with Crippen LogP contribution in [0.25, 0.3) is 0 Å². The number of nitrogens with zero attached hydrogens (tertiary/aromatic N) is 1. The van der Waals surface area contributed by atoms with E-state index in [1.807, 2.05) is 6.92 Å². The molecule has 0 aliphatic carbocycles. The highest BCUT2D eigenvalue weighted by molar-refractivity contribution is 5.67. The molecule has 0 radical (unpaired) electrons. The second-order valence-corrected chi connectivity index (χ2v) is 3.75. The van der Waals surface area contributed by atoms with E-state index in [9.17, 15) is 4.79 Å². The number of rotatable bonds is 2. The van der Waals surface area contributed by atoms with Gasteiger partial charge in [-0.3, -0.25) is 0 Å². The number of amides is 1. The van der Waals surface area contributed by atoms with Gasteiger partial charge in [-0.05, 0) is 26.2 Å². The van der Waals surface area contributed by atoms with Crippen LogP contribution in [0, 0.1) is 0 Å². The smallest absolute Gasteiger partial charge is 0.409 e. The molecule has 0 aromatic rings. The van der Waals surface area contributed by atoms with Crippen LogP contribution in [0.1, 0.15) is 52.9 Å². The van der Waals surface area contributed by atoms with Crippen molar-refractivity contribution in [1.29, 1.82) is 0 Å². The van der Waals surface area contributed by atoms with E-state index in [-0.39, 0.29) is 6.09 Å². The van der Waals surface area contributed by atoms with Crippen LogP contribution in [0.15, 0.2) is 0 Å². The molecule has 1 amide bonds. The van der Waals surface area contributed by atoms with E-state index >= 15 is 0 Å². The molecule has 1 heterocycles. The molecule has 1 saturated heterocycles. The predicted octanol–water partition coefficient (Wildman–Crippen LogP) is 3.44. The molecule has 0 saturated carbocycles. The van der Waals surface area contributed by atoms with Crippen LogP contribution in [0.5, 0.6) is 0 Å². The van der Waals surface area contributed by atoms with Crippen LogP contribution in [0.3, 0.4) is 0 Å². The molecule has 15 heavy (non-hydrogen) atoms. The third-order valence-corrected chi connectivity index (χ3v) is 2.38. The second kappa shape index (κ2) is 9.81. The zero-order chi connectivity index (χ0) is 11.5. The van der Waals surface area contributed by atoms with Crippen molar-refractivity contribution in [2.24, 2.45) is 0 Å². The van der Waals surface area contributed by atoms with Crippen LogP contribution in [0.2, 0.25) is 0 Å². The first-order chi connectivity index (χ1) is 7.26. The molecular formula is C12H25NO2. The molecule has 0 spiro atoms. The Bertz CT molecular complexity index is 152. The normalized spacial score (nSPS) is 15.3. The molecule has 3 nitrogen and oxygen atoms in total. The molecule has 0 aromatic heterocycles. The van der Waals surface area contributed by atoms with E-state index in [1.165, 1.54) is 19.3 Å². The summed E-state index contributed by atoms with van der Waals surface area (Å²) in [6.45, 7) is 8.43. The number of hydrogen-bond donors (Lipinski definition) is 0. The lowest BCUT2D eigenvalue weighted by Crippen LogP contribution is -2.35. The Morgan fingerprint density at radius 3 is 2.00 bits per heavy atom. The Labute approximate surface area is 93.8 Å². The van der Waals surface area contributed by atoms with Gasteiger partial charge in [-0.2, -0.15) is 0 Å². The zero-order valence-electron chi connectivity index (χ0n) is 10.4. The first kappa shape index (κ1) is 14.3. The molecular weight excluding hydrogens is 190 g/mol. The van der Waals surface area contributed by atoms with Crippen molar-refractivity contribution in [3.8, 4) is 0 Å². The van der Waals surface area contributed by atoms with Gasteiger partial charge in [-0.15, -0.1) is 0 Å². The van der Waals surface area contributed by atoms with E-state index in [4.69, 9.17) is 4.74 Å². The van der Waals surface area contributed by atoms with Gasteiger partial charge in [-0.1, -0.05) is 26.7 Å². The highest BCUT2D eigenvalue weighted by atomic mass is 16.6. The summed E-state index contributed by atoms with van der Waals surface area (Å²) < 4.78 is 4.87. The van der Waals surface area contributed by atoms with Crippen LogP contribution >= 0.6 is 0 Å². The highest BCUT2D eigenvalue weighted by Crippen LogP contribution is 2.09. The van der Waals surface area contributed by atoms with Gasteiger partial charge in [0.05, 0.1) is 6.61 Å². The fourth-order valence-electron chi connectivity index (χ4n) is 1.29. The topological polar surface area (TPSA) is 29.5 Å². The Morgan fingerprint density at radius 1 is 1.07 bits per heavy atom. The van der Waals surface area contributed by atoms with Crippen molar-refractivity contribution < 1.29 is 9.53 Å². The number of likely N-dealkylation sites (tertiary alicyclic amines) is 1. The third-order valence-electron chi connectivity index (χ3n) is 2.38. The summed E-state index contributed by atoms with van der Waals surface area (Å²) in [4.78, 5) is 12.9. The average molecular weight is 215 g/mol. The number of carbonyl (C=O) groups excluding carboxylic acids is 1. The summed E-state index contributed by atoms with van der Waals surface area (Å²) >= 11 is 0. The van der Waals surface area contributed by atoms with Crippen molar-refractivity contribution >= 4 is 6.09 Å². The number of carbonyl (C=O) groups is 1. The van der Waals surface area contributed by atoms with E-state index < -0.39 is 0 Å². The lowest BCUT2D eigenvalue weighted by atomic mass is 10.1. The van der Waals surface area contributed by atoms with Gasteiger partial charge in [0.15, 0.2) is 0 Å². The minimum atomic E-state index is -0.146. The lowest BCUT2D eigenvalue weighted by molar-refractivity contribution is 0.0997. The Kier molecular flexibility index (Phi) is 9.33. The van der Waals surface area contributed by atoms with Crippen molar-refractivity contribution in [2.45, 2.75) is 52.9 Å². The molecule has 1 aliphatic heterocycles. The van der Waals surface area contributed by atoms with Gasteiger partial charge in [0.1, 0.15) is 0 Å². The van der Waals surface area contributed by atoms with Crippen LogP contribution < -0.4 is 0 Å². The van der Waals surface area contributed by atoms with E-state index in [0.717, 1.165) is 25.9 Å². The van der Waals surface area contributed by atoms with E-state index in [2.05, 4.69) is 13.8 Å². The molecule has 0 bridgehead atoms. The van der Waals surface area contributed by atoms with Crippen molar-refractivity contribution in [1.82, 2.24) is 4.90 Å². The molecule has 0 atom stereocenters. The van der Waals surface area contributed by atoms with Gasteiger partial charge in [0.2, 0.25) is 0 Å². The number of hydrogen-bond acceptors (Lipinski definition) is 2. The highest BCUT2D eigenvalue weighted by Gasteiger charge is 2.16. The van der Waals surface area contributed by atoms with E-state index in [1.54, 1.807) is 4.90 Å². The quantitative estimate of drug-likeness (QED) is 0.706. The summed E-state index contributed by atoms with van der Waals surface area (Å²) in [6.07, 6.45) is 5.99. The predicted molar refractivity (Wildman–Crippen MR) is 63.0 cm³/mol. The number of ether oxygens (including phenoxy) is 1. The largest absolute Gasteiger partial charge is 0.450 e. The SMILES string of the molecule is CCCC.CCOC(=O)N1CCCCC1. The molecule has 90 valence electrons. The molecule has 0 aromatic carbocycles. The molecule has 1 rings (SSSR count). The molecule has 0 unspecified atom stereocenters. The minimum absolute atomic E-state index is 0.146. The maximum absolute atomic E-state index is 11.1. The van der Waals surface area contributed by atoms with Gasteiger partial charge in [0, 0.05) is 13.1 Å². The van der Waals surface area contributed by atoms with Gasteiger partial charge < -0.3 is 9.64 Å². The van der Waals surface area contributed by atoms with E-state index in [0.29, 0.717) is 6.61 Å². The minimum Gasteiger partial charge on any atom is -0.450 e. The van der Waals surface area contributed by atoms with Gasteiger partial charge in [0.25, 0.3) is 0 Å². The third kappa shape index (κ3) is 7.23. The summed E-state index contributed by atoms with van der Waals surface area (Å²) in [5.74, 6) is 0. The molecule has 1 fully saturated rings. The van der Waals surface area contributed by atoms with Crippen molar-refractivity contribution in [3.05, 3.63) is 0 Å². The summed E-state index contributed by atoms with van der Waals surface area (Å²) in [6, 6.07) is 0. The Morgan fingerprint density at radius 2 is 1.60 bits per heavy atom. The first-order valence-electron chi connectivity index (χ1n) is 6.17. The van der Waals surface area contributed by atoms with Crippen LogP contribution in [0.4, 0.5) is 4.79 Å². The van der Waals surface area contributed by atoms with Crippen molar-refractivity contribution in [3.63, 3.8) is 0 Å². The zero-order valence-corrected chi connectivity index (χ0v) is 10.4. The molecule has 3 heteroatoms. The summed E-state index contributed by atoms with van der Waals surface area (Å²) in [5, 5.41) is 0. The fraction of sp³-hybridized carbons (Fsp3) is 0.917.